The van der Waals surface area contributed by atoms with Crippen molar-refractivity contribution in [1.29, 1.82) is 0 Å². The van der Waals surface area contributed by atoms with Crippen LogP contribution >= 0.6 is 23.2 Å². The summed E-state index contributed by atoms with van der Waals surface area (Å²) in [4.78, 5) is 0. The van der Waals surface area contributed by atoms with Gasteiger partial charge in [-0.1, -0.05) is 47.5 Å². The highest BCUT2D eigenvalue weighted by molar-refractivity contribution is 6.35. The smallest absolute Gasteiger partial charge is 0.0516 e. The molecule has 19 heavy (non-hydrogen) atoms. The minimum atomic E-state index is 0.347. The third-order valence-electron chi connectivity index (χ3n) is 3.57. The summed E-state index contributed by atoms with van der Waals surface area (Å²) in [6, 6.07) is 14.6. The normalized spacial score (nSPS) is 17.9. The third-order valence-corrected chi connectivity index (χ3v) is 4.01. The zero-order valence-corrected chi connectivity index (χ0v) is 12.0. The fraction of sp³-hybridized carbons (Fsp3) is 0.250. The molecule has 0 radical (unpaired) electrons. The Hall–Kier alpha value is -1.18. The Bertz CT molecular complexity index is 575. The molecule has 1 N–H and O–H groups in total. The van der Waals surface area contributed by atoms with Gasteiger partial charge in [0.1, 0.15) is 0 Å². The van der Waals surface area contributed by atoms with Crippen LogP contribution in [0, 0.1) is 0 Å². The minimum absolute atomic E-state index is 0.347. The number of rotatable bonds is 2. The van der Waals surface area contributed by atoms with Crippen molar-refractivity contribution in [3.05, 3.63) is 63.6 Å². The molecule has 0 saturated carbocycles. The molecule has 0 saturated heterocycles. The van der Waals surface area contributed by atoms with Crippen molar-refractivity contribution in [1.82, 2.24) is 0 Å². The number of benzene rings is 2. The second-order valence-corrected chi connectivity index (χ2v) is 5.82. The summed E-state index contributed by atoms with van der Waals surface area (Å²) >= 11 is 12.1. The summed E-state index contributed by atoms with van der Waals surface area (Å²) in [7, 11) is 0. The maximum Gasteiger partial charge on any atom is 0.0516 e. The SMILES string of the molecule is Clc1cc(Cl)cc(NC2CCCc3ccccc32)c1. The average Bonchev–Trinajstić information content (AvgIpc) is 2.38. The van der Waals surface area contributed by atoms with Gasteiger partial charge in [0, 0.05) is 15.7 Å². The minimum Gasteiger partial charge on any atom is -0.378 e. The van der Waals surface area contributed by atoms with E-state index in [1.807, 2.05) is 12.1 Å². The van der Waals surface area contributed by atoms with Crippen LogP contribution in [-0.2, 0) is 6.42 Å². The second kappa shape index (κ2) is 5.44. The highest BCUT2D eigenvalue weighted by Crippen LogP contribution is 2.33. The first-order chi connectivity index (χ1) is 9.22. The molecule has 0 aliphatic heterocycles. The number of fused-ring (bicyclic) bond motifs is 1. The van der Waals surface area contributed by atoms with Crippen LogP contribution < -0.4 is 5.32 Å². The Kier molecular flexibility index (Phi) is 3.67. The van der Waals surface area contributed by atoms with E-state index in [-0.39, 0.29) is 0 Å². The van der Waals surface area contributed by atoms with Gasteiger partial charge in [-0.2, -0.15) is 0 Å². The summed E-state index contributed by atoms with van der Waals surface area (Å²) in [6.45, 7) is 0. The molecule has 98 valence electrons. The van der Waals surface area contributed by atoms with E-state index < -0.39 is 0 Å². The molecule has 0 bridgehead atoms. The fourth-order valence-electron chi connectivity index (χ4n) is 2.74. The van der Waals surface area contributed by atoms with Crippen LogP contribution in [0.3, 0.4) is 0 Å². The van der Waals surface area contributed by atoms with Gasteiger partial charge in [-0.05, 0) is 48.6 Å². The molecule has 3 rings (SSSR count). The molecule has 1 atom stereocenters. The lowest BCUT2D eigenvalue weighted by molar-refractivity contribution is 0.600. The first-order valence-electron chi connectivity index (χ1n) is 6.53. The highest BCUT2D eigenvalue weighted by atomic mass is 35.5. The monoisotopic (exact) mass is 291 g/mol. The lowest BCUT2D eigenvalue weighted by Crippen LogP contribution is -2.17. The van der Waals surface area contributed by atoms with Crippen LogP contribution in [0.25, 0.3) is 0 Å². The molecule has 0 amide bonds. The first-order valence-corrected chi connectivity index (χ1v) is 7.28. The Balaban J connectivity index is 1.88. The van der Waals surface area contributed by atoms with E-state index in [1.54, 1.807) is 6.07 Å². The second-order valence-electron chi connectivity index (χ2n) is 4.95. The molecule has 0 aromatic heterocycles. The third kappa shape index (κ3) is 2.88. The molecule has 2 aromatic carbocycles. The van der Waals surface area contributed by atoms with Gasteiger partial charge >= 0.3 is 0 Å². The highest BCUT2D eigenvalue weighted by Gasteiger charge is 2.19. The summed E-state index contributed by atoms with van der Waals surface area (Å²) < 4.78 is 0. The van der Waals surface area contributed by atoms with Gasteiger partial charge in [-0.3, -0.25) is 0 Å². The van der Waals surface area contributed by atoms with E-state index in [4.69, 9.17) is 23.2 Å². The Morgan fingerprint density at radius 2 is 1.74 bits per heavy atom. The molecule has 0 spiro atoms. The van der Waals surface area contributed by atoms with E-state index >= 15 is 0 Å². The van der Waals surface area contributed by atoms with Crippen LogP contribution in [0.15, 0.2) is 42.5 Å². The summed E-state index contributed by atoms with van der Waals surface area (Å²) in [5.41, 5.74) is 3.82. The van der Waals surface area contributed by atoms with Crippen molar-refractivity contribution in [2.75, 3.05) is 5.32 Å². The molecule has 1 nitrogen and oxygen atoms in total. The lowest BCUT2D eigenvalue weighted by atomic mass is 9.87. The van der Waals surface area contributed by atoms with Crippen LogP contribution in [0.1, 0.15) is 30.0 Å². The van der Waals surface area contributed by atoms with Crippen molar-refractivity contribution in [3.8, 4) is 0 Å². The Labute approximate surface area is 123 Å². The summed E-state index contributed by atoms with van der Waals surface area (Å²) in [5, 5.41) is 4.88. The molecule has 1 unspecified atom stereocenters. The Morgan fingerprint density at radius 1 is 1.00 bits per heavy atom. The van der Waals surface area contributed by atoms with Gasteiger partial charge in [0.25, 0.3) is 0 Å². The number of nitrogens with one attached hydrogen (secondary N) is 1. The van der Waals surface area contributed by atoms with Crippen LogP contribution in [-0.4, -0.2) is 0 Å². The average molecular weight is 292 g/mol. The predicted octanol–water partition coefficient (Wildman–Crippen LogP) is 5.48. The number of halogens is 2. The molecule has 3 heteroatoms. The van der Waals surface area contributed by atoms with Crippen molar-refractivity contribution in [2.24, 2.45) is 0 Å². The van der Waals surface area contributed by atoms with E-state index in [0.29, 0.717) is 16.1 Å². The van der Waals surface area contributed by atoms with Crippen molar-refractivity contribution in [2.45, 2.75) is 25.3 Å². The largest absolute Gasteiger partial charge is 0.378 e. The fourth-order valence-corrected chi connectivity index (χ4v) is 3.27. The van der Waals surface area contributed by atoms with Gasteiger partial charge in [-0.25, -0.2) is 0 Å². The zero-order valence-electron chi connectivity index (χ0n) is 10.5. The molecule has 0 heterocycles. The van der Waals surface area contributed by atoms with E-state index in [9.17, 15) is 0 Å². The van der Waals surface area contributed by atoms with E-state index in [1.165, 1.54) is 24.0 Å². The molecular weight excluding hydrogens is 277 g/mol. The predicted molar refractivity (Wildman–Crippen MR) is 82.2 cm³/mol. The number of anilines is 1. The molecule has 1 aliphatic rings. The zero-order chi connectivity index (χ0) is 13.2. The number of aryl methyl sites for hydroxylation is 1. The van der Waals surface area contributed by atoms with E-state index in [2.05, 4.69) is 29.6 Å². The van der Waals surface area contributed by atoms with Gasteiger partial charge < -0.3 is 5.32 Å². The van der Waals surface area contributed by atoms with Crippen molar-refractivity contribution < 1.29 is 0 Å². The first kappa shape index (κ1) is 12.8. The maximum absolute atomic E-state index is 6.04. The Morgan fingerprint density at radius 3 is 2.53 bits per heavy atom. The van der Waals surface area contributed by atoms with Crippen molar-refractivity contribution >= 4 is 28.9 Å². The maximum atomic E-state index is 6.04. The standard InChI is InChI=1S/C16H15Cl2N/c17-12-8-13(18)10-14(9-12)19-16-7-3-5-11-4-1-2-6-15(11)16/h1-2,4,6,8-10,16,19H,3,5,7H2. The summed E-state index contributed by atoms with van der Waals surface area (Å²) in [6.07, 6.45) is 3.52. The van der Waals surface area contributed by atoms with Crippen LogP contribution in [0.5, 0.6) is 0 Å². The van der Waals surface area contributed by atoms with Gasteiger partial charge in [0.15, 0.2) is 0 Å². The quantitative estimate of drug-likeness (QED) is 0.772. The summed E-state index contributed by atoms with van der Waals surface area (Å²) in [5.74, 6) is 0. The van der Waals surface area contributed by atoms with Gasteiger partial charge in [0.2, 0.25) is 0 Å². The molecule has 2 aromatic rings. The number of hydrogen-bond acceptors (Lipinski definition) is 1. The van der Waals surface area contributed by atoms with Crippen molar-refractivity contribution in [3.63, 3.8) is 0 Å². The number of hydrogen-bond donors (Lipinski definition) is 1. The lowest BCUT2D eigenvalue weighted by Gasteiger charge is -2.27. The molecule has 0 fully saturated rings. The van der Waals surface area contributed by atoms with E-state index in [0.717, 1.165) is 12.1 Å². The molecular formula is C16H15Cl2N. The van der Waals surface area contributed by atoms with Crippen LogP contribution in [0.2, 0.25) is 10.0 Å². The topological polar surface area (TPSA) is 12.0 Å². The molecule has 1 aliphatic carbocycles. The van der Waals surface area contributed by atoms with Gasteiger partial charge in [-0.15, -0.1) is 0 Å². The van der Waals surface area contributed by atoms with Gasteiger partial charge in [0.05, 0.1) is 6.04 Å². The van der Waals surface area contributed by atoms with Crippen LogP contribution in [0.4, 0.5) is 5.69 Å².